The minimum Gasteiger partial charge on any atom is -0.468 e. The largest absolute Gasteiger partial charge is 0.468 e. The predicted octanol–water partition coefficient (Wildman–Crippen LogP) is 7.40. The van der Waals surface area contributed by atoms with Gasteiger partial charge in [0, 0.05) is 0 Å². The van der Waals surface area contributed by atoms with E-state index in [4.69, 9.17) is 9.47 Å². The summed E-state index contributed by atoms with van der Waals surface area (Å²) in [5, 5.41) is 2.94. The van der Waals surface area contributed by atoms with Crippen LogP contribution in [0.1, 0.15) is 53.8 Å². The number of carbonyl (C=O) groups excluding carboxylic acids is 2. The van der Waals surface area contributed by atoms with Gasteiger partial charge in [0.05, 0.1) is 28.8 Å². The normalized spacial score (nSPS) is 15.5. The molecule has 1 unspecified atom stereocenters. The Bertz CT molecular complexity index is 1570. The van der Waals surface area contributed by atoms with Crippen molar-refractivity contribution in [3.63, 3.8) is 0 Å². The first-order valence-corrected chi connectivity index (χ1v) is 14.0. The lowest BCUT2D eigenvalue weighted by atomic mass is 9.82. The molecule has 0 bridgehead atoms. The number of amides is 1. The summed E-state index contributed by atoms with van der Waals surface area (Å²) in [5.74, 6) is -0.133. The van der Waals surface area contributed by atoms with E-state index in [9.17, 15) is 9.59 Å². The molecular weight excluding hydrogens is 508 g/mol. The second-order valence-corrected chi connectivity index (χ2v) is 11.1. The minimum absolute atomic E-state index is 0.133. The molecular formula is C32H30N2O4S. The van der Waals surface area contributed by atoms with Crippen LogP contribution in [0.5, 0.6) is 0 Å². The van der Waals surface area contributed by atoms with Gasteiger partial charge in [-0.1, -0.05) is 60.7 Å². The van der Waals surface area contributed by atoms with Crippen molar-refractivity contribution in [2.45, 2.75) is 51.0 Å². The summed E-state index contributed by atoms with van der Waals surface area (Å²) >= 11 is 1.38. The van der Waals surface area contributed by atoms with Crippen molar-refractivity contribution < 1.29 is 19.1 Å². The summed E-state index contributed by atoms with van der Waals surface area (Å²) in [6, 6.07) is 22.6. The molecule has 1 saturated carbocycles. The van der Waals surface area contributed by atoms with E-state index in [0.717, 1.165) is 52.9 Å². The predicted molar refractivity (Wildman–Crippen MR) is 153 cm³/mol. The van der Waals surface area contributed by atoms with Crippen LogP contribution in [0.15, 0.2) is 66.7 Å². The molecule has 39 heavy (non-hydrogen) atoms. The van der Waals surface area contributed by atoms with E-state index in [1.807, 2.05) is 44.2 Å². The molecule has 1 amide bonds. The van der Waals surface area contributed by atoms with E-state index in [1.54, 1.807) is 0 Å². The minimum atomic E-state index is -0.501. The number of ether oxygens (including phenoxy) is 2. The SMILES string of the molecule is COC(=O)C1(c2ccc3c(c2)CCc2cc(-c4snc(C)c4NC(=O)OC(C)c4ccccc4)ccc2-3)CC1. The van der Waals surface area contributed by atoms with Crippen molar-refractivity contribution >= 4 is 29.3 Å². The van der Waals surface area contributed by atoms with Crippen molar-refractivity contribution in [2.24, 2.45) is 0 Å². The van der Waals surface area contributed by atoms with Crippen LogP contribution in [-0.4, -0.2) is 23.5 Å². The molecule has 2 aliphatic rings. The Labute approximate surface area is 232 Å². The molecule has 4 aromatic rings. The highest BCUT2D eigenvalue weighted by molar-refractivity contribution is 7.10. The maximum atomic E-state index is 12.8. The number of nitrogens with one attached hydrogen (secondary N) is 1. The van der Waals surface area contributed by atoms with Crippen LogP contribution in [0.3, 0.4) is 0 Å². The Kier molecular flexibility index (Phi) is 6.47. The number of nitrogens with zero attached hydrogens (tertiary/aromatic N) is 1. The summed E-state index contributed by atoms with van der Waals surface area (Å²) in [6.45, 7) is 3.75. The van der Waals surface area contributed by atoms with Gasteiger partial charge < -0.3 is 9.47 Å². The lowest BCUT2D eigenvalue weighted by Crippen LogP contribution is -2.22. The molecule has 1 atom stereocenters. The number of carbonyl (C=O) groups is 2. The van der Waals surface area contributed by atoms with Gasteiger partial charge in [-0.25, -0.2) is 4.79 Å². The van der Waals surface area contributed by atoms with Crippen molar-refractivity contribution in [2.75, 3.05) is 12.4 Å². The van der Waals surface area contributed by atoms with Crippen LogP contribution in [0.4, 0.5) is 10.5 Å². The van der Waals surface area contributed by atoms with Gasteiger partial charge in [0.1, 0.15) is 6.10 Å². The fourth-order valence-electron chi connectivity index (χ4n) is 5.56. The lowest BCUT2D eigenvalue weighted by molar-refractivity contribution is -0.143. The molecule has 3 aromatic carbocycles. The zero-order valence-electron chi connectivity index (χ0n) is 22.2. The third-order valence-corrected chi connectivity index (χ3v) is 8.94. The summed E-state index contributed by atoms with van der Waals surface area (Å²) in [5.41, 5.74) is 8.97. The summed E-state index contributed by atoms with van der Waals surface area (Å²) in [6.07, 6.45) is 2.64. The maximum Gasteiger partial charge on any atom is 0.412 e. The number of aryl methyl sites for hydroxylation is 3. The number of hydrogen-bond donors (Lipinski definition) is 1. The first kappa shape index (κ1) is 25.3. The molecule has 0 spiro atoms. The Morgan fingerprint density at radius 3 is 2.36 bits per heavy atom. The smallest absolute Gasteiger partial charge is 0.412 e. The first-order chi connectivity index (χ1) is 18.9. The molecule has 0 radical (unpaired) electrons. The highest BCUT2D eigenvalue weighted by Gasteiger charge is 2.52. The van der Waals surface area contributed by atoms with E-state index in [1.165, 1.54) is 40.9 Å². The van der Waals surface area contributed by atoms with Crippen LogP contribution in [0.2, 0.25) is 0 Å². The number of esters is 1. The van der Waals surface area contributed by atoms with Crippen molar-refractivity contribution in [1.82, 2.24) is 4.37 Å². The van der Waals surface area contributed by atoms with Crippen molar-refractivity contribution in [1.29, 1.82) is 0 Å². The number of fused-ring (bicyclic) bond motifs is 3. The van der Waals surface area contributed by atoms with Crippen LogP contribution < -0.4 is 5.32 Å². The second kappa shape index (κ2) is 9.97. The first-order valence-electron chi connectivity index (χ1n) is 13.2. The molecule has 1 aromatic heterocycles. The van der Waals surface area contributed by atoms with Gasteiger partial charge >= 0.3 is 12.1 Å². The van der Waals surface area contributed by atoms with Gasteiger partial charge in [-0.3, -0.25) is 10.1 Å². The van der Waals surface area contributed by atoms with Gasteiger partial charge in [-0.2, -0.15) is 4.37 Å². The average Bonchev–Trinajstić information content (AvgIpc) is 3.70. The quantitative estimate of drug-likeness (QED) is 0.259. The molecule has 6 nitrogen and oxygen atoms in total. The Morgan fingerprint density at radius 1 is 0.974 bits per heavy atom. The molecule has 0 aliphatic heterocycles. The standard InChI is InChI=1S/C32H30N2O4S/c1-19-28(33-31(36)38-20(2)21-7-5-4-6-8-21)29(39-34-19)24-11-13-26-22(17-24)9-10-23-18-25(12-14-27(23)26)32(15-16-32)30(35)37-3/h4-8,11-14,17-18,20H,9-10,15-16H2,1-3H3,(H,33,36). The molecule has 2 aliphatic carbocycles. The monoisotopic (exact) mass is 538 g/mol. The van der Waals surface area contributed by atoms with Crippen LogP contribution in [0.25, 0.3) is 21.6 Å². The van der Waals surface area contributed by atoms with E-state index in [0.29, 0.717) is 5.69 Å². The van der Waals surface area contributed by atoms with Crippen molar-refractivity contribution in [3.8, 4) is 21.6 Å². The molecule has 1 fully saturated rings. The van der Waals surface area contributed by atoms with Crippen LogP contribution in [-0.2, 0) is 32.5 Å². The van der Waals surface area contributed by atoms with Crippen molar-refractivity contribution in [3.05, 3.63) is 94.7 Å². The van der Waals surface area contributed by atoms with Crippen LogP contribution >= 0.6 is 11.5 Å². The molecule has 6 rings (SSSR count). The lowest BCUT2D eigenvalue weighted by Gasteiger charge is -2.23. The molecule has 0 saturated heterocycles. The summed E-state index contributed by atoms with van der Waals surface area (Å²) < 4.78 is 15.3. The number of methoxy groups -OCH3 is 1. The molecule has 1 heterocycles. The Hall–Kier alpha value is -3.97. The topological polar surface area (TPSA) is 77.5 Å². The number of anilines is 1. The van der Waals surface area contributed by atoms with Gasteiger partial charge in [0.25, 0.3) is 0 Å². The van der Waals surface area contributed by atoms with E-state index >= 15 is 0 Å². The van der Waals surface area contributed by atoms with E-state index in [2.05, 4.69) is 46.1 Å². The Balaban J connectivity index is 1.24. The Morgan fingerprint density at radius 2 is 1.67 bits per heavy atom. The van der Waals surface area contributed by atoms with Gasteiger partial charge in [0.15, 0.2) is 0 Å². The van der Waals surface area contributed by atoms with Crippen LogP contribution in [0, 0.1) is 6.92 Å². The number of aromatic nitrogens is 1. The van der Waals surface area contributed by atoms with Gasteiger partial charge in [-0.05, 0) is 96.1 Å². The molecule has 7 heteroatoms. The third kappa shape index (κ3) is 4.61. The van der Waals surface area contributed by atoms with E-state index in [-0.39, 0.29) is 12.1 Å². The average molecular weight is 539 g/mol. The maximum absolute atomic E-state index is 12.8. The van der Waals surface area contributed by atoms with E-state index < -0.39 is 11.5 Å². The van der Waals surface area contributed by atoms with Gasteiger partial charge in [0.2, 0.25) is 0 Å². The second-order valence-electron chi connectivity index (χ2n) is 10.4. The third-order valence-electron chi connectivity index (χ3n) is 7.95. The highest BCUT2D eigenvalue weighted by atomic mass is 32.1. The fourth-order valence-corrected chi connectivity index (χ4v) is 6.41. The number of hydrogen-bond acceptors (Lipinski definition) is 6. The molecule has 198 valence electrons. The fraction of sp³-hybridized carbons (Fsp3) is 0.281. The van der Waals surface area contributed by atoms with Gasteiger partial charge in [-0.15, -0.1) is 0 Å². The zero-order valence-corrected chi connectivity index (χ0v) is 23.1. The number of benzene rings is 3. The molecule has 1 N–H and O–H groups in total. The summed E-state index contributed by atoms with van der Waals surface area (Å²) in [4.78, 5) is 26.1. The zero-order chi connectivity index (χ0) is 27.1. The number of rotatable bonds is 6. The highest BCUT2D eigenvalue weighted by Crippen LogP contribution is 2.50. The summed E-state index contributed by atoms with van der Waals surface area (Å²) in [7, 11) is 1.47.